The normalized spacial score (nSPS) is 18.0. The summed E-state index contributed by atoms with van der Waals surface area (Å²) in [5.41, 5.74) is 6.56. The first-order valence-corrected chi connectivity index (χ1v) is 5.61. The summed E-state index contributed by atoms with van der Waals surface area (Å²) in [6.07, 6.45) is -0.614. The lowest BCUT2D eigenvalue weighted by Gasteiger charge is -2.32. The maximum atomic E-state index is 12.0. The molecule has 2 amide bonds. The molecule has 1 aromatic rings. The van der Waals surface area contributed by atoms with Crippen molar-refractivity contribution in [2.24, 2.45) is 5.73 Å². The van der Waals surface area contributed by atoms with E-state index in [1.807, 2.05) is 6.07 Å². The van der Waals surface area contributed by atoms with Gasteiger partial charge in [0.15, 0.2) is 6.10 Å². The topological polar surface area (TPSA) is 84.7 Å². The van der Waals surface area contributed by atoms with E-state index in [-0.39, 0.29) is 12.5 Å². The zero-order valence-corrected chi connectivity index (χ0v) is 10.3. The van der Waals surface area contributed by atoms with Gasteiger partial charge < -0.3 is 15.8 Å². The number of nitrogens with zero attached hydrogens (tertiary/aromatic N) is 1. The minimum Gasteiger partial charge on any atom is -0.479 e. The third kappa shape index (κ3) is 2.09. The Morgan fingerprint density at radius 2 is 2.28 bits per heavy atom. The van der Waals surface area contributed by atoms with Crippen LogP contribution in [-0.4, -0.2) is 31.5 Å². The van der Waals surface area contributed by atoms with Crippen LogP contribution in [-0.2, 0) is 9.59 Å². The lowest BCUT2D eigenvalue weighted by atomic mass is 10.1. The third-order valence-electron chi connectivity index (χ3n) is 2.77. The van der Waals surface area contributed by atoms with Gasteiger partial charge in [-0.05, 0) is 25.1 Å². The summed E-state index contributed by atoms with van der Waals surface area (Å²) in [6.45, 7) is 1.50. The molecule has 18 heavy (non-hydrogen) atoms. The Kier molecular flexibility index (Phi) is 3.10. The van der Waals surface area contributed by atoms with Crippen LogP contribution in [0.1, 0.15) is 6.92 Å². The summed E-state index contributed by atoms with van der Waals surface area (Å²) in [5, 5.41) is 2.97. The van der Waals surface area contributed by atoms with E-state index < -0.39 is 12.0 Å². The van der Waals surface area contributed by atoms with Crippen molar-refractivity contribution in [2.45, 2.75) is 13.0 Å². The lowest BCUT2D eigenvalue weighted by Crippen LogP contribution is -2.47. The zero-order chi connectivity index (χ0) is 13.3. The quantitative estimate of drug-likeness (QED) is 0.808. The Bertz CT molecular complexity index is 501. The van der Waals surface area contributed by atoms with E-state index >= 15 is 0 Å². The number of amides is 2. The SMILES string of the molecule is CNc1ccc2c(c1)N(CC(N)=O)C(=O)C(C)O2. The van der Waals surface area contributed by atoms with Gasteiger partial charge in [-0.1, -0.05) is 0 Å². The molecule has 1 atom stereocenters. The van der Waals surface area contributed by atoms with Gasteiger partial charge in [-0.15, -0.1) is 0 Å². The van der Waals surface area contributed by atoms with E-state index in [9.17, 15) is 9.59 Å². The van der Waals surface area contributed by atoms with E-state index in [0.29, 0.717) is 11.4 Å². The predicted octanol–water partition coefficient (Wildman–Crippen LogP) is 0.327. The number of hydrogen-bond donors (Lipinski definition) is 2. The lowest BCUT2D eigenvalue weighted by molar-refractivity contribution is -0.127. The average molecular weight is 249 g/mol. The van der Waals surface area contributed by atoms with Crippen LogP contribution in [0.15, 0.2) is 18.2 Å². The van der Waals surface area contributed by atoms with Crippen molar-refractivity contribution in [2.75, 3.05) is 23.8 Å². The highest BCUT2D eigenvalue weighted by Gasteiger charge is 2.32. The largest absolute Gasteiger partial charge is 0.479 e. The second-order valence-corrected chi connectivity index (χ2v) is 4.08. The highest BCUT2D eigenvalue weighted by atomic mass is 16.5. The number of carbonyl (C=O) groups excluding carboxylic acids is 2. The number of hydrogen-bond acceptors (Lipinski definition) is 4. The van der Waals surface area contributed by atoms with Gasteiger partial charge >= 0.3 is 0 Å². The fourth-order valence-electron chi connectivity index (χ4n) is 1.88. The van der Waals surface area contributed by atoms with Gasteiger partial charge in [0.25, 0.3) is 5.91 Å². The van der Waals surface area contributed by atoms with Gasteiger partial charge in [-0.25, -0.2) is 0 Å². The number of anilines is 2. The minimum atomic E-state index is -0.614. The maximum absolute atomic E-state index is 12.0. The van der Waals surface area contributed by atoms with Crippen LogP contribution in [0.5, 0.6) is 5.75 Å². The summed E-state index contributed by atoms with van der Waals surface area (Å²) in [7, 11) is 1.77. The molecule has 0 aliphatic carbocycles. The van der Waals surface area contributed by atoms with Gasteiger partial charge in [-0.3, -0.25) is 14.5 Å². The number of benzene rings is 1. The van der Waals surface area contributed by atoms with E-state index in [1.54, 1.807) is 26.1 Å². The molecule has 0 fully saturated rings. The van der Waals surface area contributed by atoms with Crippen LogP contribution in [0.3, 0.4) is 0 Å². The van der Waals surface area contributed by atoms with Crippen LogP contribution in [0.2, 0.25) is 0 Å². The van der Waals surface area contributed by atoms with Crippen LogP contribution >= 0.6 is 0 Å². The molecule has 0 bridgehead atoms. The summed E-state index contributed by atoms with van der Waals surface area (Å²) >= 11 is 0. The molecule has 1 unspecified atom stereocenters. The number of nitrogens with two attached hydrogens (primary N) is 1. The van der Waals surface area contributed by atoms with Crippen molar-refractivity contribution in [1.82, 2.24) is 0 Å². The van der Waals surface area contributed by atoms with Crippen LogP contribution in [0.25, 0.3) is 0 Å². The third-order valence-corrected chi connectivity index (χ3v) is 2.77. The number of fused-ring (bicyclic) bond motifs is 1. The van der Waals surface area contributed by atoms with E-state index in [2.05, 4.69) is 5.32 Å². The first-order valence-electron chi connectivity index (χ1n) is 5.61. The Morgan fingerprint density at radius 1 is 1.56 bits per heavy atom. The van der Waals surface area contributed by atoms with E-state index in [0.717, 1.165) is 5.69 Å². The predicted molar refractivity (Wildman–Crippen MR) is 67.6 cm³/mol. The zero-order valence-electron chi connectivity index (χ0n) is 10.3. The van der Waals surface area contributed by atoms with Crippen LogP contribution in [0.4, 0.5) is 11.4 Å². The fourth-order valence-corrected chi connectivity index (χ4v) is 1.88. The smallest absolute Gasteiger partial charge is 0.268 e. The summed E-state index contributed by atoms with van der Waals surface area (Å²) < 4.78 is 5.48. The number of primary amides is 1. The molecule has 3 N–H and O–H groups in total. The van der Waals surface area contributed by atoms with Crippen molar-refractivity contribution in [3.8, 4) is 5.75 Å². The summed E-state index contributed by atoms with van der Waals surface area (Å²) in [5.74, 6) is -0.254. The van der Waals surface area contributed by atoms with E-state index in [1.165, 1.54) is 4.90 Å². The summed E-state index contributed by atoms with van der Waals surface area (Å²) in [4.78, 5) is 24.4. The monoisotopic (exact) mass is 249 g/mol. The van der Waals surface area contributed by atoms with Gasteiger partial charge in [0.2, 0.25) is 5.91 Å². The number of carbonyl (C=O) groups is 2. The molecule has 0 saturated heterocycles. The number of ether oxygens (including phenoxy) is 1. The summed E-state index contributed by atoms with van der Waals surface area (Å²) in [6, 6.07) is 5.35. The first-order chi connectivity index (χ1) is 8.52. The Morgan fingerprint density at radius 3 is 2.89 bits per heavy atom. The van der Waals surface area contributed by atoms with Crippen molar-refractivity contribution < 1.29 is 14.3 Å². The average Bonchev–Trinajstić information content (AvgIpc) is 2.34. The molecule has 0 aromatic heterocycles. The van der Waals surface area contributed by atoms with Crippen molar-refractivity contribution in [3.63, 3.8) is 0 Å². The second-order valence-electron chi connectivity index (χ2n) is 4.08. The highest BCUT2D eigenvalue weighted by molar-refractivity contribution is 6.03. The molecule has 1 aliphatic rings. The van der Waals surface area contributed by atoms with Crippen molar-refractivity contribution in [3.05, 3.63) is 18.2 Å². The van der Waals surface area contributed by atoms with Crippen molar-refractivity contribution in [1.29, 1.82) is 0 Å². The molecule has 0 radical (unpaired) electrons. The standard InChI is InChI=1S/C12H15N3O3/c1-7-12(17)15(6-11(13)16)9-5-8(14-2)3-4-10(9)18-7/h3-5,7,14H,6H2,1-2H3,(H2,13,16). The maximum Gasteiger partial charge on any atom is 0.268 e. The van der Waals surface area contributed by atoms with E-state index in [4.69, 9.17) is 10.5 Å². The Balaban J connectivity index is 2.45. The van der Waals surface area contributed by atoms with Gasteiger partial charge in [0.05, 0.1) is 5.69 Å². The first kappa shape index (κ1) is 12.2. The molecule has 1 heterocycles. The molecule has 1 aromatic carbocycles. The molecule has 2 rings (SSSR count). The van der Waals surface area contributed by atoms with Crippen LogP contribution < -0.4 is 20.7 Å². The fraction of sp³-hybridized carbons (Fsp3) is 0.333. The molecular weight excluding hydrogens is 234 g/mol. The van der Waals surface area contributed by atoms with Gasteiger partial charge in [0, 0.05) is 12.7 Å². The minimum absolute atomic E-state index is 0.146. The van der Waals surface area contributed by atoms with Crippen LogP contribution in [0, 0.1) is 0 Å². The van der Waals surface area contributed by atoms with Gasteiger partial charge in [-0.2, -0.15) is 0 Å². The molecule has 1 aliphatic heterocycles. The molecule has 6 heteroatoms. The van der Waals surface area contributed by atoms with Crippen molar-refractivity contribution >= 4 is 23.2 Å². The molecule has 96 valence electrons. The number of nitrogens with one attached hydrogen (secondary N) is 1. The molecule has 6 nitrogen and oxygen atoms in total. The van der Waals surface area contributed by atoms with Gasteiger partial charge in [0.1, 0.15) is 12.3 Å². The Labute approximate surface area is 105 Å². The highest BCUT2D eigenvalue weighted by Crippen LogP contribution is 2.35. The Hall–Kier alpha value is -2.24. The molecule has 0 spiro atoms. The number of rotatable bonds is 3. The molecular formula is C12H15N3O3. The molecule has 0 saturated carbocycles. The second kappa shape index (κ2) is 4.56.